The molecule has 6 heteroatoms. The normalized spacial score (nSPS) is 14.4. The monoisotopic (exact) mass is 293 g/mol. The molecule has 2 rings (SSSR count). The van der Waals surface area contributed by atoms with Gasteiger partial charge in [0.25, 0.3) is 4.92 Å². The van der Waals surface area contributed by atoms with E-state index in [4.69, 9.17) is 9.57 Å². The van der Waals surface area contributed by atoms with Crippen LogP contribution < -0.4 is 4.74 Å². The van der Waals surface area contributed by atoms with Crippen molar-refractivity contribution in [1.29, 1.82) is 0 Å². The number of carbonyl (C=O) groups is 1. The van der Waals surface area contributed by atoms with Crippen LogP contribution in [0.25, 0.3) is 0 Å². The molecule has 114 valence electrons. The van der Waals surface area contributed by atoms with Gasteiger partial charge in [0.1, 0.15) is 5.75 Å². The first-order valence-corrected chi connectivity index (χ1v) is 7.00. The minimum Gasteiger partial charge on any atom is -0.410 e. The summed E-state index contributed by atoms with van der Waals surface area (Å²) in [6.07, 6.45) is 0.667. The maximum atomic E-state index is 12.0. The zero-order chi connectivity index (χ0) is 15.6. The van der Waals surface area contributed by atoms with E-state index in [1.807, 2.05) is 0 Å². The van der Waals surface area contributed by atoms with E-state index in [2.05, 4.69) is 0 Å². The molecule has 0 bridgehead atoms. The number of hydrogen-bond donors (Lipinski definition) is 0. The van der Waals surface area contributed by atoms with Crippen LogP contribution >= 0.6 is 0 Å². The molecule has 1 aromatic rings. The summed E-state index contributed by atoms with van der Waals surface area (Å²) in [6.45, 7) is 8.66. The molecular weight excluding hydrogens is 272 g/mol. The van der Waals surface area contributed by atoms with Crippen molar-refractivity contribution in [2.24, 2.45) is 0 Å². The Bertz CT molecular complexity index is 559. The lowest BCUT2D eigenvalue weighted by Crippen LogP contribution is -2.43. The highest BCUT2D eigenvalue weighted by Gasteiger charge is 2.28. The van der Waals surface area contributed by atoms with Gasteiger partial charge >= 0.3 is 11.8 Å². The highest BCUT2D eigenvalue weighted by Crippen LogP contribution is 2.26. The number of likely N-dealkylation sites (tertiary alicyclic amines) is 1. The summed E-state index contributed by atoms with van der Waals surface area (Å²) >= 11 is 0. The zero-order valence-corrected chi connectivity index (χ0v) is 12.9. The van der Waals surface area contributed by atoms with Crippen molar-refractivity contribution < 1.29 is 19.3 Å². The van der Waals surface area contributed by atoms with Gasteiger partial charge in [-0.1, -0.05) is 0 Å². The van der Waals surface area contributed by atoms with Gasteiger partial charge in [0, 0.05) is 24.7 Å². The number of benzene rings is 1. The third kappa shape index (κ3) is 3.93. The average Bonchev–Trinajstić information content (AvgIpc) is 2.23. The van der Waals surface area contributed by atoms with E-state index in [-0.39, 0.29) is 6.09 Å². The Morgan fingerprint density at radius 1 is 1.29 bits per heavy atom. The van der Waals surface area contributed by atoms with Crippen molar-refractivity contribution in [1.82, 2.24) is 4.90 Å². The van der Waals surface area contributed by atoms with Crippen LogP contribution in [0.2, 0.25) is 0 Å². The fraction of sp³-hybridized carbons (Fsp3) is 0.533. The quantitative estimate of drug-likeness (QED) is 0.802. The van der Waals surface area contributed by atoms with Crippen LogP contribution in [-0.2, 0) is 4.84 Å². The van der Waals surface area contributed by atoms with Crippen molar-refractivity contribution in [2.45, 2.75) is 39.7 Å². The smallest absolute Gasteiger partial charge is 0.410 e. The lowest BCUT2D eigenvalue weighted by molar-refractivity contribution is -0.766. The van der Waals surface area contributed by atoms with Gasteiger partial charge in [-0.05, 0) is 46.2 Å². The first kappa shape index (κ1) is 15.3. The second-order valence-corrected chi connectivity index (χ2v) is 6.12. The maximum absolute atomic E-state index is 12.0. The third-order valence-electron chi connectivity index (χ3n) is 3.04. The fourth-order valence-corrected chi connectivity index (χ4v) is 1.86. The van der Waals surface area contributed by atoms with E-state index >= 15 is 0 Å². The number of rotatable bonds is 3. The summed E-state index contributed by atoms with van der Waals surface area (Å²) < 4.78 is 5.26. The molecule has 0 atom stereocenters. The number of aryl methyl sites for hydroxylation is 1. The first-order chi connectivity index (χ1) is 9.76. The third-order valence-corrected chi connectivity index (χ3v) is 3.04. The first-order valence-electron chi connectivity index (χ1n) is 7.00. The summed E-state index contributed by atoms with van der Waals surface area (Å²) in [5.41, 5.74) is 0.508. The Hall–Kier alpha value is -2.11. The summed E-state index contributed by atoms with van der Waals surface area (Å²) in [5.74, 6) is 0.428. The Morgan fingerprint density at radius 2 is 1.95 bits per heavy atom. The molecule has 1 saturated heterocycles. The second kappa shape index (κ2) is 5.71. The Labute approximate surface area is 124 Å². The molecule has 0 radical (unpaired) electrons. The van der Waals surface area contributed by atoms with Crippen molar-refractivity contribution >= 4 is 11.8 Å². The van der Waals surface area contributed by atoms with Crippen LogP contribution in [0, 0.1) is 11.8 Å². The van der Waals surface area contributed by atoms with E-state index in [9.17, 15) is 9.70 Å². The predicted octanol–water partition coefficient (Wildman–Crippen LogP) is 3.34. The van der Waals surface area contributed by atoms with Crippen molar-refractivity contribution in [3.8, 4) is 5.75 Å². The van der Waals surface area contributed by atoms with E-state index in [1.54, 1.807) is 50.8 Å². The van der Waals surface area contributed by atoms with Gasteiger partial charge in [-0.2, -0.15) is 0 Å². The van der Waals surface area contributed by atoms with Crippen LogP contribution in [0.3, 0.4) is 0 Å². The average molecular weight is 293 g/mol. The van der Waals surface area contributed by atoms with Gasteiger partial charge < -0.3 is 9.64 Å². The molecule has 21 heavy (non-hydrogen) atoms. The maximum Gasteiger partial charge on any atom is 0.415 e. The summed E-state index contributed by atoms with van der Waals surface area (Å²) in [5, 5.41) is 0. The minimum absolute atomic E-state index is 0.349. The SMILES string of the molecule is Cc1cc(OC(=O)N2CCC2)ccc1[N+](=O)OC(C)(C)C. The van der Waals surface area contributed by atoms with Crippen LogP contribution in [0.15, 0.2) is 18.2 Å². The molecular formula is C15H21N2O4+. The number of nitrogens with zero attached hydrogens (tertiary/aromatic N) is 2. The molecule has 1 amide bonds. The summed E-state index contributed by atoms with van der Waals surface area (Å²) in [7, 11) is 0. The number of ether oxygens (including phenoxy) is 1. The van der Waals surface area contributed by atoms with Gasteiger partial charge in [-0.25, -0.2) is 9.63 Å². The van der Waals surface area contributed by atoms with Gasteiger partial charge in [0.2, 0.25) is 0 Å². The summed E-state index contributed by atoms with van der Waals surface area (Å²) in [6, 6.07) is 4.84. The second-order valence-electron chi connectivity index (χ2n) is 6.12. The Morgan fingerprint density at radius 3 is 2.43 bits per heavy atom. The molecule has 1 aliphatic rings. The molecule has 6 nitrogen and oxygen atoms in total. The highest BCUT2D eigenvalue weighted by molar-refractivity contribution is 5.71. The Balaban J connectivity index is 2.06. The standard InChI is InChI=1S/C15H21N2O4/c1-11-10-12(20-14(18)16-8-5-9-16)6-7-13(11)17(19)21-15(2,3)4/h6-7,10H,5,8-9H2,1-4H3/q+1. The van der Waals surface area contributed by atoms with Gasteiger partial charge in [-0.3, -0.25) is 0 Å². The van der Waals surface area contributed by atoms with Crippen molar-refractivity contribution in [3.63, 3.8) is 0 Å². The van der Waals surface area contributed by atoms with Crippen LogP contribution in [0.5, 0.6) is 5.75 Å². The number of amides is 1. The van der Waals surface area contributed by atoms with Crippen molar-refractivity contribution in [3.05, 3.63) is 28.7 Å². The topological polar surface area (TPSA) is 58.8 Å². The molecule has 0 unspecified atom stereocenters. The van der Waals surface area contributed by atoms with E-state index in [0.29, 0.717) is 21.9 Å². The molecule has 0 saturated carbocycles. The molecule has 1 aliphatic heterocycles. The van der Waals surface area contributed by atoms with E-state index in [0.717, 1.165) is 19.5 Å². The molecule has 0 aromatic heterocycles. The zero-order valence-electron chi connectivity index (χ0n) is 12.9. The van der Waals surface area contributed by atoms with Gasteiger partial charge in [0.15, 0.2) is 5.60 Å². The molecule has 0 spiro atoms. The van der Waals surface area contributed by atoms with Gasteiger partial charge in [0.05, 0.1) is 4.91 Å². The Kier molecular flexibility index (Phi) is 4.16. The van der Waals surface area contributed by atoms with Gasteiger partial charge in [-0.15, -0.1) is 0 Å². The van der Waals surface area contributed by atoms with Crippen molar-refractivity contribution in [2.75, 3.05) is 13.1 Å². The summed E-state index contributed by atoms with van der Waals surface area (Å²) in [4.78, 5) is 31.1. The number of carbonyl (C=O) groups excluding carboxylic acids is 1. The van der Waals surface area contributed by atoms with Crippen LogP contribution in [0.1, 0.15) is 32.8 Å². The fourth-order valence-electron chi connectivity index (χ4n) is 1.86. The lowest BCUT2D eigenvalue weighted by Gasteiger charge is -2.29. The van der Waals surface area contributed by atoms with Crippen LogP contribution in [-0.4, -0.2) is 34.6 Å². The molecule has 1 aromatic carbocycles. The molecule has 1 fully saturated rings. The highest BCUT2D eigenvalue weighted by atomic mass is 16.8. The molecule has 0 N–H and O–H groups in total. The minimum atomic E-state index is -0.573. The van der Waals surface area contributed by atoms with E-state index in [1.165, 1.54) is 0 Å². The molecule has 1 heterocycles. The largest absolute Gasteiger partial charge is 0.415 e. The molecule has 0 aliphatic carbocycles. The lowest BCUT2D eigenvalue weighted by atomic mass is 10.2. The van der Waals surface area contributed by atoms with Crippen LogP contribution in [0.4, 0.5) is 10.5 Å². The predicted molar refractivity (Wildman–Crippen MR) is 77.5 cm³/mol. The number of hydrogen-bond acceptors (Lipinski definition) is 4. The van der Waals surface area contributed by atoms with E-state index < -0.39 is 5.60 Å².